The fourth-order valence-corrected chi connectivity index (χ4v) is 4.51. The lowest BCUT2D eigenvalue weighted by Gasteiger charge is -2.09. The molecule has 2 aromatic carbocycles. The average Bonchev–Trinajstić information content (AvgIpc) is 3.06. The van der Waals surface area contributed by atoms with Crippen molar-refractivity contribution < 1.29 is 17.9 Å². The van der Waals surface area contributed by atoms with Gasteiger partial charge in [0.15, 0.2) is 5.69 Å². The maximum atomic E-state index is 13.0. The van der Waals surface area contributed by atoms with Crippen molar-refractivity contribution in [2.75, 3.05) is 11.8 Å². The molecule has 0 aliphatic heterocycles. The van der Waals surface area contributed by atoms with E-state index in [0.29, 0.717) is 10.9 Å². The first-order chi connectivity index (χ1) is 14.4. The predicted octanol–water partition coefficient (Wildman–Crippen LogP) is 3.86. The van der Waals surface area contributed by atoms with Crippen LogP contribution in [0.4, 0.5) is 5.69 Å². The van der Waals surface area contributed by atoms with E-state index in [9.17, 15) is 18.5 Å². The number of carbonyl (C=O) groups excluding carboxylic acids is 1. The van der Waals surface area contributed by atoms with Gasteiger partial charge >= 0.3 is 5.97 Å². The molecule has 0 aliphatic carbocycles. The number of anilines is 1. The quantitative estimate of drug-likeness (QED) is 0.506. The number of benzene rings is 2. The molecule has 0 unspecified atom stereocenters. The molecule has 0 atom stereocenters. The van der Waals surface area contributed by atoms with Gasteiger partial charge in [0.05, 0.1) is 17.5 Å². The second kappa shape index (κ2) is 7.21. The first-order valence-corrected chi connectivity index (χ1v) is 10.5. The zero-order valence-electron chi connectivity index (χ0n) is 16.2. The third-order valence-corrected chi connectivity index (χ3v) is 6.25. The highest BCUT2D eigenvalue weighted by Gasteiger charge is 2.29. The highest BCUT2D eigenvalue weighted by molar-refractivity contribution is 7.92. The molecule has 0 fully saturated rings. The van der Waals surface area contributed by atoms with Crippen LogP contribution in [0.25, 0.3) is 16.3 Å². The van der Waals surface area contributed by atoms with Crippen molar-refractivity contribution in [3.63, 3.8) is 0 Å². The minimum atomic E-state index is -4.05. The lowest BCUT2D eigenvalue weighted by atomic mass is 10.1. The van der Waals surface area contributed by atoms with E-state index >= 15 is 0 Å². The number of pyridine rings is 1. The number of ether oxygens (including phenoxy) is 1. The number of sulfonamides is 1. The SMILES string of the molecule is COC(=O)c1c(NS(=O)(=O)c2ccc(C)cc2)c(C#N)c2c3ccccc3ccn12. The lowest BCUT2D eigenvalue weighted by Crippen LogP contribution is -2.16. The van der Waals surface area contributed by atoms with Crippen LogP contribution in [-0.2, 0) is 14.8 Å². The summed E-state index contributed by atoms with van der Waals surface area (Å²) in [5.74, 6) is -0.761. The lowest BCUT2D eigenvalue weighted by molar-refractivity contribution is 0.0594. The molecule has 1 N–H and O–H groups in total. The maximum Gasteiger partial charge on any atom is 0.357 e. The Hall–Kier alpha value is -3.83. The molecule has 4 aromatic rings. The number of nitrogens with one attached hydrogen (secondary N) is 1. The standard InChI is InChI=1S/C22H17N3O4S/c1-14-7-9-16(10-8-14)30(27,28)24-19-18(13-23)20-17-6-4-3-5-15(17)11-12-25(20)21(19)22(26)29-2/h3-12,24H,1-2H3. The molecule has 0 bridgehead atoms. The Kier molecular flexibility index (Phi) is 4.68. The van der Waals surface area contributed by atoms with Gasteiger partial charge in [0.1, 0.15) is 17.3 Å². The zero-order chi connectivity index (χ0) is 21.5. The molecule has 30 heavy (non-hydrogen) atoms. The van der Waals surface area contributed by atoms with Crippen LogP contribution in [0.3, 0.4) is 0 Å². The van der Waals surface area contributed by atoms with Crippen LogP contribution in [-0.4, -0.2) is 25.9 Å². The normalized spacial score (nSPS) is 11.4. The van der Waals surface area contributed by atoms with E-state index in [0.717, 1.165) is 10.9 Å². The Labute approximate surface area is 173 Å². The predicted molar refractivity (Wildman–Crippen MR) is 113 cm³/mol. The Morgan fingerprint density at radius 2 is 1.80 bits per heavy atom. The summed E-state index contributed by atoms with van der Waals surface area (Å²) in [5, 5.41) is 11.5. The van der Waals surface area contributed by atoms with Crippen LogP contribution in [0.1, 0.15) is 21.6 Å². The van der Waals surface area contributed by atoms with E-state index in [1.807, 2.05) is 31.2 Å². The number of aromatic nitrogens is 1. The van der Waals surface area contributed by atoms with Crippen LogP contribution in [0.15, 0.2) is 65.7 Å². The largest absolute Gasteiger partial charge is 0.464 e. The molecule has 8 heteroatoms. The summed E-state index contributed by atoms with van der Waals surface area (Å²) < 4.78 is 34.8. The topological polar surface area (TPSA) is 101 Å². The van der Waals surface area contributed by atoms with E-state index in [-0.39, 0.29) is 21.8 Å². The van der Waals surface area contributed by atoms with Crippen molar-refractivity contribution in [2.24, 2.45) is 0 Å². The summed E-state index contributed by atoms with van der Waals surface area (Å²) in [5.41, 5.74) is 1.20. The molecule has 2 heterocycles. The summed E-state index contributed by atoms with van der Waals surface area (Å²) in [4.78, 5) is 12.6. The maximum absolute atomic E-state index is 13.0. The molecule has 4 rings (SSSR count). The van der Waals surface area contributed by atoms with Crippen molar-refractivity contribution in [1.29, 1.82) is 5.26 Å². The van der Waals surface area contributed by atoms with Crippen LogP contribution >= 0.6 is 0 Å². The van der Waals surface area contributed by atoms with E-state index in [2.05, 4.69) is 10.8 Å². The molecule has 0 saturated heterocycles. The molecule has 2 aromatic heterocycles. The molecule has 150 valence electrons. The number of nitrogens with zero attached hydrogens (tertiary/aromatic N) is 2. The number of aryl methyl sites for hydroxylation is 1. The number of rotatable bonds is 4. The van der Waals surface area contributed by atoms with E-state index < -0.39 is 16.0 Å². The van der Waals surface area contributed by atoms with Crippen LogP contribution in [0, 0.1) is 18.3 Å². The Bertz CT molecular complexity index is 1450. The van der Waals surface area contributed by atoms with Gasteiger partial charge in [-0.3, -0.25) is 4.72 Å². The highest BCUT2D eigenvalue weighted by atomic mass is 32.2. The van der Waals surface area contributed by atoms with Gasteiger partial charge in [-0.1, -0.05) is 42.0 Å². The minimum Gasteiger partial charge on any atom is -0.464 e. The van der Waals surface area contributed by atoms with Crippen LogP contribution in [0.2, 0.25) is 0 Å². The minimum absolute atomic E-state index is 0.0212. The zero-order valence-corrected chi connectivity index (χ0v) is 17.0. The molecule has 0 aliphatic rings. The van der Waals surface area contributed by atoms with Crippen molar-refractivity contribution in [2.45, 2.75) is 11.8 Å². The summed E-state index contributed by atoms with van der Waals surface area (Å²) >= 11 is 0. The number of nitriles is 1. The molecule has 7 nitrogen and oxygen atoms in total. The summed E-state index contributed by atoms with van der Waals surface area (Å²) in [6.45, 7) is 1.85. The fourth-order valence-electron chi connectivity index (χ4n) is 3.43. The number of esters is 1. The van der Waals surface area contributed by atoms with E-state index in [4.69, 9.17) is 4.74 Å². The van der Waals surface area contributed by atoms with Gasteiger partial charge < -0.3 is 9.14 Å². The van der Waals surface area contributed by atoms with Crippen molar-refractivity contribution in [3.8, 4) is 6.07 Å². The first-order valence-electron chi connectivity index (χ1n) is 9.01. The fraction of sp³-hybridized carbons (Fsp3) is 0.0909. The van der Waals surface area contributed by atoms with Crippen LogP contribution in [0.5, 0.6) is 0 Å². The van der Waals surface area contributed by atoms with Gasteiger partial charge in [0.2, 0.25) is 0 Å². The molecule has 0 amide bonds. The summed E-state index contributed by atoms with van der Waals surface area (Å²) in [7, 11) is -2.85. The molecule has 0 spiro atoms. The third kappa shape index (κ3) is 3.06. The Morgan fingerprint density at radius 3 is 2.47 bits per heavy atom. The Morgan fingerprint density at radius 1 is 1.10 bits per heavy atom. The van der Waals surface area contributed by atoms with Gasteiger partial charge in [-0.2, -0.15) is 5.26 Å². The Balaban J connectivity index is 2.03. The van der Waals surface area contributed by atoms with Crippen LogP contribution < -0.4 is 4.72 Å². The van der Waals surface area contributed by atoms with E-state index in [1.165, 1.54) is 23.6 Å². The summed E-state index contributed by atoms with van der Waals surface area (Å²) in [6.07, 6.45) is 1.62. The molecule has 0 radical (unpaired) electrons. The number of carbonyl (C=O) groups is 1. The molecular formula is C22H17N3O4S. The van der Waals surface area contributed by atoms with Crippen molar-refractivity contribution in [3.05, 3.63) is 77.6 Å². The number of fused-ring (bicyclic) bond motifs is 3. The number of methoxy groups -OCH3 is 1. The highest BCUT2D eigenvalue weighted by Crippen LogP contribution is 2.35. The third-order valence-electron chi connectivity index (χ3n) is 4.88. The van der Waals surface area contributed by atoms with Gasteiger partial charge in [-0.15, -0.1) is 0 Å². The second-order valence-corrected chi connectivity index (χ2v) is 8.42. The van der Waals surface area contributed by atoms with Crippen molar-refractivity contribution >= 4 is 38.0 Å². The second-order valence-electron chi connectivity index (χ2n) is 6.74. The first kappa shape index (κ1) is 19.5. The van der Waals surface area contributed by atoms with Crippen molar-refractivity contribution in [1.82, 2.24) is 4.40 Å². The molecule has 0 saturated carbocycles. The number of hydrogen-bond acceptors (Lipinski definition) is 5. The smallest absolute Gasteiger partial charge is 0.357 e. The van der Waals surface area contributed by atoms with E-state index in [1.54, 1.807) is 24.4 Å². The van der Waals surface area contributed by atoms with Gasteiger partial charge in [-0.25, -0.2) is 13.2 Å². The van der Waals surface area contributed by atoms with Gasteiger partial charge in [-0.05, 0) is 30.5 Å². The number of hydrogen-bond donors (Lipinski definition) is 1. The monoisotopic (exact) mass is 419 g/mol. The van der Waals surface area contributed by atoms with Gasteiger partial charge in [0, 0.05) is 11.6 Å². The van der Waals surface area contributed by atoms with Gasteiger partial charge in [0.25, 0.3) is 10.0 Å². The summed E-state index contributed by atoms with van der Waals surface area (Å²) in [6, 6.07) is 17.5. The average molecular weight is 419 g/mol. The molecular weight excluding hydrogens is 402 g/mol.